The van der Waals surface area contributed by atoms with Crippen LogP contribution in [0.3, 0.4) is 0 Å². The second-order valence-corrected chi connectivity index (χ2v) is 3.83. The van der Waals surface area contributed by atoms with Gasteiger partial charge in [-0.3, -0.25) is 14.5 Å². The Balaban J connectivity index is 2.03. The Labute approximate surface area is 97.2 Å². The first kappa shape index (κ1) is 9.89. The van der Waals surface area contributed by atoms with Gasteiger partial charge < -0.3 is 9.47 Å². The molecular formula is C12H9NO4. The Morgan fingerprint density at radius 1 is 1.18 bits per heavy atom. The molecule has 1 aromatic rings. The third-order valence-corrected chi connectivity index (χ3v) is 2.82. The van der Waals surface area contributed by atoms with E-state index in [0.717, 1.165) is 4.90 Å². The fraction of sp³-hybridized carbons (Fsp3) is 0.167. The molecule has 2 aliphatic rings. The normalized spacial score (nSPS) is 17.7. The number of nitrogens with zero attached hydrogens (tertiary/aromatic N) is 1. The van der Waals surface area contributed by atoms with E-state index in [1.54, 1.807) is 18.2 Å². The molecule has 0 N–H and O–H groups in total. The first-order valence-corrected chi connectivity index (χ1v) is 5.10. The van der Waals surface area contributed by atoms with Crippen molar-refractivity contribution in [3.63, 3.8) is 0 Å². The van der Waals surface area contributed by atoms with Crippen LogP contribution in [-0.4, -0.2) is 30.6 Å². The summed E-state index contributed by atoms with van der Waals surface area (Å²) in [5, 5.41) is 0. The molecule has 0 bridgehead atoms. The maximum absolute atomic E-state index is 11.8. The second kappa shape index (κ2) is 3.35. The van der Waals surface area contributed by atoms with Gasteiger partial charge in [-0.1, -0.05) is 6.07 Å². The second-order valence-electron chi connectivity index (χ2n) is 3.83. The summed E-state index contributed by atoms with van der Waals surface area (Å²) in [7, 11) is 1.46. The van der Waals surface area contributed by atoms with Crippen LogP contribution in [0.4, 0.5) is 0 Å². The topological polar surface area (TPSA) is 55.8 Å². The largest absolute Gasteiger partial charge is 0.454 e. The lowest BCUT2D eigenvalue weighted by molar-refractivity contribution is -0.134. The number of hydrogen-bond donors (Lipinski definition) is 0. The molecule has 86 valence electrons. The van der Waals surface area contributed by atoms with Gasteiger partial charge >= 0.3 is 0 Å². The molecule has 5 heteroatoms. The highest BCUT2D eigenvalue weighted by Gasteiger charge is 2.29. The number of likely N-dealkylation sites (N-methyl/N-ethyl adjacent to an activating group) is 1. The van der Waals surface area contributed by atoms with Crippen molar-refractivity contribution < 1.29 is 19.1 Å². The molecular weight excluding hydrogens is 222 g/mol. The minimum Gasteiger partial charge on any atom is -0.454 e. The molecule has 0 aliphatic carbocycles. The molecule has 0 fully saturated rings. The van der Waals surface area contributed by atoms with E-state index in [1.165, 1.54) is 13.1 Å². The van der Waals surface area contributed by atoms with E-state index in [0.29, 0.717) is 22.6 Å². The number of imide groups is 1. The summed E-state index contributed by atoms with van der Waals surface area (Å²) >= 11 is 0. The highest BCUT2D eigenvalue weighted by molar-refractivity contribution is 6.33. The monoisotopic (exact) mass is 231 g/mol. The third-order valence-electron chi connectivity index (χ3n) is 2.82. The van der Waals surface area contributed by atoms with Crippen molar-refractivity contribution in [2.24, 2.45) is 0 Å². The Hall–Kier alpha value is -2.30. The zero-order valence-corrected chi connectivity index (χ0v) is 9.10. The van der Waals surface area contributed by atoms with Crippen LogP contribution < -0.4 is 9.47 Å². The Kier molecular flexibility index (Phi) is 1.95. The minimum atomic E-state index is -0.303. The molecule has 2 heterocycles. The van der Waals surface area contributed by atoms with Gasteiger partial charge in [-0.2, -0.15) is 0 Å². The van der Waals surface area contributed by atoms with E-state index in [2.05, 4.69) is 0 Å². The van der Waals surface area contributed by atoms with Crippen LogP contribution in [0.15, 0.2) is 24.3 Å². The summed E-state index contributed by atoms with van der Waals surface area (Å²) in [6.45, 7) is 0.185. The fourth-order valence-electron chi connectivity index (χ4n) is 1.83. The molecule has 0 unspecified atom stereocenters. The van der Waals surface area contributed by atoms with Gasteiger partial charge in [0.25, 0.3) is 11.8 Å². The summed E-state index contributed by atoms with van der Waals surface area (Å²) in [6, 6.07) is 5.18. The predicted molar refractivity (Wildman–Crippen MR) is 58.3 cm³/mol. The maximum atomic E-state index is 11.8. The Morgan fingerprint density at radius 2 is 1.94 bits per heavy atom. The summed E-state index contributed by atoms with van der Waals surface area (Å²) in [6.07, 6.45) is 1.33. The zero-order valence-electron chi connectivity index (χ0n) is 9.10. The zero-order chi connectivity index (χ0) is 12.0. The van der Waals surface area contributed by atoms with Crippen LogP contribution in [0, 0.1) is 0 Å². The van der Waals surface area contributed by atoms with E-state index < -0.39 is 0 Å². The number of fused-ring (bicyclic) bond motifs is 1. The highest BCUT2D eigenvalue weighted by Crippen LogP contribution is 2.35. The van der Waals surface area contributed by atoms with E-state index in [9.17, 15) is 9.59 Å². The molecule has 0 atom stereocenters. The maximum Gasteiger partial charge on any atom is 0.261 e. The van der Waals surface area contributed by atoms with Crippen molar-refractivity contribution in [1.82, 2.24) is 4.90 Å². The van der Waals surface area contributed by atoms with Gasteiger partial charge in [0.2, 0.25) is 6.79 Å². The molecule has 0 saturated carbocycles. The smallest absolute Gasteiger partial charge is 0.261 e. The van der Waals surface area contributed by atoms with Gasteiger partial charge in [0, 0.05) is 13.1 Å². The summed E-state index contributed by atoms with van der Waals surface area (Å²) < 4.78 is 10.4. The van der Waals surface area contributed by atoms with Gasteiger partial charge in [0.15, 0.2) is 11.5 Å². The number of benzene rings is 1. The molecule has 2 aliphatic heterocycles. The molecule has 0 saturated heterocycles. The lowest BCUT2D eigenvalue weighted by atomic mass is 10.1. The molecule has 1 aromatic carbocycles. The van der Waals surface area contributed by atoms with E-state index in [-0.39, 0.29) is 18.6 Å². The van der Waals surface area contributed by atoms with Crippen LogP contribution in [0.1, 0.15) is 5.56 Å². The number of amides is 2. The first-order chi connectivity index (χ1) is 8.16. The van der Waals surface area contributed by atoms with Gasteiger partial charge in [-0.05, 0) is 17.7 Å². The third kappa shape index (κ3) is 1.39. The van der Waals surface area contributed by atoms with Crippen molar-refractivity contribution >= 4 is 17.4 Å². The van der Waals surface area contributed by atoms with Gasteiger partial charge in [0.05, 0.1) is 5.57 Å². The van der Waals surface area contributed by atoms with Crippen molar-refractivity contribution in [3.8, 4) is 11.5 Å². The van der Waals surface area contributed by atoms with Gasteiger partial charge in [-0.15, -0.1) is 0 Å². The predicted octanol–water partition coefficient (Wildman–Crippen LogP) is 0.797. The van der Waals surface area contributed by atoms with Gasteiger partial charge in [-0.25, -0.2) is 0 Å². The molecule has 0 radical (unpaired) electrons. The van der Waals surface area contributed by atoms with Crippen LogP contribution in [0.25, 0.3) is 5.57 Å². The van der Waals surface area contributed by atoms with Crippen LogP contribution >= 0.6 is 0 Å². The average molecular weight is 231 g/mol. The van der Waals surface area contributed by atoms with E-state index in [4.69, 9.17) is 9.47 Å². The Morgan fingerprint density at radius 3 is 2.65 bits per heavy atom. The number of hydrogen-bond acceptors (Lipinski definition) is 4. The van der Waals surface area contributed by atoms with Gasteiger partial charge in [0.1, 0.15) is 0 Å². The molecule has 17 heavy (non-hydrogen) atoms. The standard InChI is InChI=1S/C12H9NO4/c1-13-11(14)5-8(12(13)15)7-2-3-9-10(4-7)17-6-16-9/h2-5H,6H2,1H3. The fourth-order valence-corrected chi connectivity index (χ4v) is 1.83. The van der Waals surface area contributed by atoms with Crippen molar-refractivity contribution in [2.75, 3.05) is 13.8 Å². The van der Waals surface area contributed by atoms with Crippen LogP contribution in [-0.2, 0) is 9.59 Å². The number of rotatable bonds is 1. The lowest BCUT2D eigenvalue weighted by Crippen LogP contribution is -2.25. The average Bonchev–Trinajstić information content (AvgIpc) is 2.89. The van der Waals surface area contributed by atoms with Crippen molar-refractivity contribution in [2.45, 2.75) is 0 Å². The summed E-state index contributed by atoms with van der Waals surface area (Å²) in [4.78, 5) is 24.2. The van der Waals surface area contributed by atoms with Crippen molar-refractivity contribution in [3.05, 3.63) is 29.8 Å². The highest BCUT2D eigenvalue weighted by atomic mass is 16.7. The number of ether oxygens (including phenoxy) is 2. The lowest BCUT2D eigenvalue weighted by Gasteiger charge is -2.07. The van der Waals surface area contributed by atoms with Crippen LogP contribution in [0.5, 0.6) is 11.5 Å². The molecule has 0 aromatic heterocycles. The quantitative estimate of drug-likeness (QED) is 0.671. The molecule has 5 nitrogen and oxygen atoms in total. The van der Waals surface area contributed by atoms with E-state index in [1.807, 2.05) is 0 Å². The number of carbonyl (C=O) groups excluding carboxylic acids is 2. The summed E-state index contributed by atoms with van der Waals surface area (Å²) in [5.74, 6) is 0.647. The molecule has 3 rings (SSSR count). The SMILES string of the molecule is CN1C(=O)C=C(c2ccc3c(c2)OCO3)C1=O. The molecule has 0 spiro atoms. The van der Waals surface area contributed by atoms with Crippen molar-refractivity contribution in [1.29, 1.82) is 0 Å². The minimum absolute atomic E-state index is 0.185. The number of carbonyl (C=O) groups is 2. The Bertz CT molecular complexity index is 562. The first-order valence-electron chi connectivity index (χ1n) is 5.10. The molecule has 2 amide bonds. The van der Waals surface area contributed by atoms with Crippen LogP contribution in [0.2, 0.25) is 0 Å². The van der Waals surface area contributed by atoms with E-state index >= 15 is 0 Å². The summed E-state index contributed by atoms with van der Waals surface area (Å²) in [5.41, 5.74) is 1.05.